The summed E-state index contributed by atoms with van der Waals surface area (Å²) in [6.07, 6.45) is 2.87. The number of ether oxygens (including phenoxy) is 2. The lowest BCUT2D eigenvalue weighted by Gasteiger charge is -2.24. The van der Waals surface area contributed by atoms with Gasteiger partial charge in [-0.1, -0.05) is 50.2 Å². The lowest BCUT2D eigenvalue weighted by atomic mass is 9.96. The van der Waals surface area contributed by atoms with Crippen LogP contribution in [0, 0.1) is 5.92 Å². The van der Waals surface area contributed by atoms with Gasteiger partial charge in [-0.2, -0.15) is 0 Å². The second-order valence-corrected chi connectivity index (χ2v) is 8.51. The van der Waals surface area contributed by atoms with Crippen molar-refractivity contribution in [3.05, 3.63) is 64.7 Å². The molecule has 1 aliphatic heterocycles. The minimum Gasteiger partial charge on any atom is -0.491 e. The highest BCUT2D eigenvalue weighted by molar-refractivity contribution is 5.81. The third-order valence-electron chi connectivity index (χ3n) is 5.74. The molecule has 4 nitrogen and oxygen atoms in total. The topological polar surface area (TPSA) is 38.8 Å². The van der Waals surface area contributed by atoms with E-state index in [1.807, 2.05) is 4.90 Å². The molecule has 2 aromatic rings. The van der Waals surface area contributed by atoms with E-state index in [9.17, 15) is 4.79 Å². The first-order valence-electron chi connectivity index (χ1n) is 10.8. The van der Waals surface area contributed by atoms with E-state index >= 15 is 0 Å². The molecule has 0 atom stereocenters. The molecule has 0 spiro atoms. The Morgan fingerprint density at radius 2 is 1.86 bits per heavy atom. The van der Waals surface area contributed by atoms with Crippen LogP contribution in [0.15, 0.2) is 42.5 Å². The number of fused-ring (bicyclic) bond motifs is 3. The molecule has 1 fully saturated rings. The lowest BCUT2D eigenvalue weighted by Crippen LogP contribution is -2.35. The van der Waals surface area contributed by atoms with Gasteiger partial charge in [0.05, 0.1) is 13.2 Å². The zero-order valence-corrected chi connectivity index (χ0v) is 17.5. The van der Waals surface area contributed by atoms with E-state index in [4.69, 9.17) is 9.47 Å². The lowest BCUT2D eigenvalue weighted by molar-refractivity contribution is -0.134. The monoisotopic (exact) mass is 393 g/mol. The van der Waals surface area contributed by atoms with Crippen LogP contribution in [0.4, 0.5) is 0 Å². The van der Waals surface area contributed by atoms with Crippen LogP contribution in [0.25, 0.3) is 0 Å². The second kappa shape index (κ2) is 9.00. The Balaban J connectivity index is 1.62. The Morgan fingerprint density at radius 1 is 1.03 bits per heavy atom. The van der Waals surface area contributed by atoms with E-state index < -0.39 is 0 Å². The quantitative estimate of drug-likeness (QED) is 0.751. The van der Waals surface area contributed by atoms with Crippen LogP contribution in [0.1, 0.15) is 54.9 Å². The number of carbonyl (C=O) groups excluding carboxylic acids is 1. The van der Waals surface area contributed by atoms with Gasteiger partial charge in [-0.25, -0.2) is 0 Å². The van der Waals surface area contributed by atoms with Crippen molar-refractivity contribution >= 4 is 5.91 Å². The van der Waals surface area contributed by atoms with Gasteiger partial charge in [-0.15, -0.1) is 0 Å². The summed E-state index contributed by atoms with van der Waals surface area (Å²) in [5, 5.41) is 0. The predicted octanol–water partition coefficient (Wildman–Crippen LogP) is 4.55. The van der Waals surface area contributed by atoms with E-state index in [1.54, 1.807) is 0 Å². The van der Waals surface area contributed by atoms with Crippen LogP contribution >= 0.6 is 0 Å². The molecule has 1 saturated carbocycles. The molecule has 2 aromatic carbocycles. The number of nitrogens with zero attached hydrogens (tertiary/aromatic N) is 1. The van der Waals surface area contributed by atoms with Crippen molar-refractivity contribution in [2.45, 2.75) is 45.6 Å². The smallest absolute Gasteiger partial charge is 0.226 e. The molecular formula is C25H31NO3. The van der Waals surface area contributed by atoms with Gasteiger partial charge < -0.3 is 14.4 Å². The fourth-order valence-electron chi connectivity index (χ4n) is 3.86. The Morgan fingerprint density at radius 3 is 2.66 bits per heavy atom. The predicted molar refractivity (Wildman–Crippen MR) is 114 cm³/mol. The summed E-state index contributed by atoms with van der Waals surface area (Å²) in [6.45, 7) is 7.31. The van der Waals surface area contributed by atoms with Crippen LogP contribution in [0.5, 0.6) is 5.75 Å². The van der Waals surface area contributed by atoms with Crippen LogP contribution in [-0.4, -0.2) is 37.2 Å². The minimum absolute atomic E-state index is 0.224. The van der Waals surface area contributed by atoms with Gasteiger partial charge in [-0.05, 0) is 47.1 Å². The van der Waals surface area contributed by atoms with Crippen molar-refractivity contribution in [1.29, 1.82) is 0 Å². The van der Waals surface area contributed by atoms with Crippen molar-refractivity contribution in [3.8, 4) is 5.75 Å². The first-order valence-corrected chi connectivity index (χ1v) is 10.8. The maximum absolute atomic E-state index is 12.7. The molecule has 154 valence electrons. The first-order chi connectivity index (χ1) is 14.1. The molecule has 0 unspecified atom stereocenters. The standard InChI is InChI=1S/C25H31NO3/c1-18(2)22-8-9-24-23(16-22)15-19-4-3-5-20(14-19)17-26(25(27)21-6-7-21)10-11-28-12-13-29-24/h3-5,8-9,14,16,18,21H,6-7,10-13,15,17H2,1-2H3. The van der Waals surface area contributed by atoms with Gasteiger partial charge in [0.2, 0.25) is 5.91 Å². The van der Waals surface area contributed by atoms with Crippen molar-refractivity contribution in [1.82, 2.24) is 4.90 Å². The van der Waals surface area contributed by atoms with E-state index in [0.29, 0.717) is 38.8 Å². The van der Waals surface area contributed by atoms with Gasteiger partial charge >= 0.3 is 0 Å². The number of hydrogen-bond donors (Lipinski definition) is 0. The van der Waals surface area contributed by atoms with Crippen LogP contribution in [0.3, 0.4) is 0 Å². The fraction of sp³-hybridized carbons (Fsp3) is 0.480. The molecule has 2 aliphatic rings. The molecule has 0 N–H and O–H groups in total. The Hall–Kier alpha value is -2.33. The third kappa shape index (κ3) is 5.18. The molecule has 1 heterocycles. The van der Waals surface area contributed by atoms with Gasteiger partial charge in [-0.3, -0.25) is 4.79 Å². The van der Waals surface area contributed by atoms with Gasteiger partial charge in [0.25, 0.3) is 0 Å². The molecule has 0 aromatic heterocycles. The molecule has 29 heavy (non-hydrogen) atoms. The highest BCUT2D eigenvalue weighted by Crippen LogP contribution is 2.32. The zero-order valence-electron chi connectivity index (χ0n) is 17.5. The Bertz CT molecular complexity index is 857. The van der Waals surface area contributed by atoms with E-state index in [0.717, 1.165) is 25.0 Å². The first kappa shape index (κ1) is 20.0. The Kier molecular flexibility index (Phi) is 6.19. The maximum atomic E-state index is 12.7. The highest BCUT2D eigenvalue weighted by Gasteiger charge is 2.33. The van der Waals surface area contributed by atoms with Gasteiger partial charge in [0.15, 0.2) is 0 Å². The van der Waals surface area contributed by atoms with E-state index in [1.165, 1.54) is 22.3 Å². The summed E-state index contributed by atoms with van der Waals surface area (Å²) in [7, 11) is 0. The largest absolute Gasteiger partial charge is 0.491 e. The summed E-state index contributed by atoms with van der Waals surface area (Å²) in [6, 6.07) is 15.1. The van der Waals surface area contributed by atoms with E-state index in [-0.39, 0.29) is 11.8 Å². The van der Waals surface area contributed by atoms with Crippen molar-refractivity contribution < 1.29 is 14.3 Å². The van der Waals surface area contributed by atoms with Crippen LogP contribution < -0.4 is 4.74 Å². The summed E-state index contributed by atoms with van der Waals surface area (Å²) in [5.41, 5.74) is 4.95. The molecule has 0 radical (unpaired) electrons. The van der Waals surface area contributed by atoms with Gasteiger partial charge in [0.1, 0.15) is 12.4 Å². The minimum atomic E-state index is 0.224. The SMILES string of the molecule is CC(C)c1ccc2c(c1)Cc1cccc(c1)CN(C(=O)C1CC1)CCOCCO2. The summed E-state index contributed by atoms with van der Waals surface area (Å²) < 4.78 is 11.8. The summed E-state index contributed by atoms with van der Waals surface area (Å²) >= 11 is 0. The average molecular weight is 394 g/mol. The molecule has 4 rings (SSSR count). The molecule has 2 bridgehead atoms. The number of amides is 1. The zero-order chi connectivity index (χ0) is 20.2. The average Bonchev–Trinajstić information content (AvgIpc) is 3.55. The molecule has 4 heteroatoms. The number of rotatable bonds is 2. The van der Waals surface area contributed by atoms with Crippen molar-refractivity contribution in [3.63, 3.8) is 0 Å². The third-order valence-corrected chi connectivity index (χ3v) is 5.74. The van der Waals surface area contributed by atoms with Gasteiger partial charge in [0, 0.05) is 25.4 Å². The highest BCUT2D eigenvalue weighted by atomic mass is 16.5. The van der Waals surface area contributed by atoms with E-state index in [2.05, 4.69) is 56.3 Å². The second-order valence-electron chi connectivity index (χ2n) is 8.51. The molecular weight excluding hydrogens is 362 g/mol. The summed E-state index contributed by atoms with van der Waals surface area (Å²) in [5.74, 6) is 1.91. The Labute approximate surface area is 173 Å². The van der Waals surface area contributed by atoms with Crippen LogP contribution in [-0.2, 0) is 22.5 Å². The number of carbonyl (C=O) groups is 1. The normalized spacial score (nSPS) is 18.0. The van der Waals surface area contributed by atoms with Crippen molar-refractivity contribution in [2.75, 3.05) is 26.4 Å². The van der Waals surface area contributed by atoms with Crippen LogP contribution in [0.2, 0.25) is 0 Å². The molecule has 1 aliphatic carbocycles. The summed E-state index contributed by atoms with van der Waals surface area (Å²) in [4.78, 5) is 14.7. The number of hydrogen-bond acceptors (Lipinski definition) is 3. The molecule has 0 saturated heterocycles. The fourth-order valence-corrected chi connectivity index (χ4v) is 3.86. The maximum Gasteiger partial charge on any atom is 0.226 e. The molecule has 1 amide bonds. The van der Waals surface area contributed by atoms with Crippen molar-refractivity contribution in [2.24, 2.45) is 5.92 Å². The number of benzene rings is 2.